The molecule has 0 aromatic carbocycles. The molecular formula is C13H26N4O3. The Morgan fingerprint density at radius 3 is 2.30 bits per heavy atom. The van der Waals surface area contributed by atoms with Gasteiger partial charge in [-0.15, -0.1) is 0 Å². The Kier molecular flexibility index (Phi) is 8.54. The summed E-state index contributed by atoms with van der Waals surface area (Å²) in [6.45, 7) is 3.86. The molecule has 0 saturated carbocycles. The number of carbonyl (C=O) groups excluding carboxylic acids is 3. The van der Waals surface area contributed by atoms with Gasteiger partial charge in [-0.05, 0) is 26.3 Å². The Morgan fingerprint density at radius 2 is 1.80 bits per heavy atom. The summed E-state index contributed by atoms with van der Waals surface area (Å²) in [6.07, 6.45) is 2.53. The Balaban J connectivity index is 4.17. The van der Waals surface area contributed by atoms with Crippen molar-refractivity contribution in [3.8, 4) is 0 Å². The predicted molar refractivity (Wildman–Crippen MR) is 76.5 cm³/mol. The smallest absolute Gasteiger partial charge is 0.240 e. The van der Waals surface area contributed by atoms with Gasteiger partial charge in [-0.1, -0.05) is 13.3 Å². The molecule has 0 fully saturated rings. The van der Waals surface area contributed by atoms with Gasteiger partial charge in [0.05, 0.1) is 6.54 Å². The molecule has 0 aromatic heterocycles. The minimum Gasteiger partial charge on any atom is -0.368 e. The average Bonchev–Trinajstić information content (AvgIpc) is 2.37. The van der Waals surface area contributed by atoms with E-state index in [4.69, 9.17) is 11.5 Å². The van der Waals surface area contributed by atoms with Crippen molar-refractivity contribution >= 4 is 17.7 Å². The van der Waals surface area contributed by atoms with E-state index in [0.29, 0.717) is 6.54 Å². The molecule has 0 aliphatic heterocycles. The van der Waals surface area contributed by atoms with Crippen LogP contribution in [0.2, 0.25) is 0 Å². The molecule has 0 bridgehead atoms. The molecule has 0 heterocycles. The molecule has 7 heteroatoms. The SMILES string of the molecule is CC(NC(=O)CN(C)C(=O)[C@@H](C)CCCCN)C(N)=O. The minimum atomic E-state index is -0.743. The van der Waals surface area contributed by atoms with E-state index in [9.17, 15) is 14.4 Å². The van der Waals surface area contributed by atoms with Gasteiger partial charge in [-0.3, -0.25) is 14.4 Å². The lowest BCUT2D eigenvalue weighted by molar-refractivity contribution is -0.138. The highest BCUT2D eigenvalue weighted by molar-refractivity contribution is 5.89. The van der Waals surface area contributed by atoms with Crippen molar-refractivity contribution < 1.29 is 14.4 Å². The van der Waals surface area contributed by atoms with Gasteiger partial charge in [0.1, 0.15) is 6.04 Å². The summed E-state index contributed by atoms with van der Waals surface area (Å²) >= 11 is 0. The lowest BCUT2D eigenvalue weighted by Gasteiger charge is -2.21. The summed E-state index contributed by atoms with van der Waals surface area (Å²) in [6, 6.07) is -0.743. The number of likely N-dealkylation sites (N-methyl/N-ethyl adjacent to an activating group) is 1. The van der Waals surface area contributed by atoms with Gasteiger partial charge in [0, 0.05) is 13.0 Å². The molecule has 0 aromatic rings. The van der Waals surface area contributed by atoms with E-state index < -0.39 is 17.9 Å². The van der Waals surface area contributed by atoms with E-state index in [1.807, 2.05) is 6.92 Å². The van der Waals surface area contributed by atoms with Crippen LogP contribution in [-0.2, 0) is 14.4 Å². The Morgan fingerprint density at radius 1 is 1.20 bits per heavy atom. The molecule has 3 amide bonds. The average molecular weight is 286 g/mol. The molecule has 0 saturated heterocycles. The molecule has 0 radical (unpaired) electrons. The summed E-state index contributed by atoms with van der Waals surface area (Å²) in [7, 11) is 1.57. The third-order valence-electron chi connectivity index (χ3n) is 3.07. The van der Waals surface area contributed by atoms with Crippen molar-refractivity contribution in [2.24, 2.45) is 17.4 Å². The molecule has 20 heavy (non-hydrogen) atoms. The summed E-state index contributed by atoms with van der Waals surface area (Å²) in [5, 5.41) is 2.43. The second-order valence-electron chi connectivity index (χ2n) is 5.07. The number of carbonyl (C=O) groups is 3. The van der Waals surface area contributed by atoms with Crippen molar-refractivity contribution in [1.82, 2.24) is 10.2 Å². The summed E-state index contributed by atoms with van der Waals surface area (Å²) in [5.41, 5.74) is 10.4. The molecule has 7 nitrogen and oxygen atoms in total. The van der Waals surface area contributed by atoms with E-state index in [1.165, 1.54) is 11.8 Å². The molecule has 0 rings (SSSR count). The van der Waals surface area contributed by atoms with Crippen LogP contribution in [0.25, 0.3) is 0 Å². The molecule has 2 atom stereocenters. The van der Waals surface area contributed by atoms with Gasteiger partial charge >= 0.3 is 0 Å². The Hall–Kier alpha value is -1.63. The standard InChI is InChI=1S/C13H26N4O3/c1-9(6-4-5-7-14)13(20)17(3)8-11(18)16-10(2)12(15)19/h9-10H,4-8,14H2,1-3H3,(H2,15,19)(H,16,18)/t9-,10?/m0/s1. The van der Waals surface area contributed by atoms with Crippen molar-refractivity contribution in [1.29, 1.82) is 0 Å². The van der Waals surface area contributed by atoms with E-state index in [2.05, 4.69) is 5.32 Å². The largest absolute Gasteiger partial charge is 0.368 e. The van der Waals surface area contributed by atoms with Crippen LogP contribution in [0.1, 0.15) is 33.1 Å². The Bertz CT molecular complexity index is 347. The third kappa shape index (κ3) is 7.08. The highest BCUT2D eigenvalue weighted by atomic mass is 16.2. The fourth-order valence-corrected chi connectivity index (χ4v) is 1.75. The van der Waals surface area contributed by atoms with Crippen LogP contribution in [0.4, 0.5) is 0 Å². The van der Waals surface area contributed by atoms with E-state index >= 15 is 0 Å². The van der Waals surface area contributed by atoms with Crippen LogP contribution in [0, 0.1) is 5.92 Å². The maximum Gasteiger partial charge on any atom is 0.240 e. The number of nitrogens with two attached hydrogens (primary N) is 2. The monoisotopic (exact) mass is 286 g/mol. The number of unbranched alkanes of at least 4 members (excludes halogenated alkanes) is 1. The summed E-state index contributed by atoms with van der Waals surface area (Å²) in [5.74, 6) is -1.25. The van der Waals surface area contributed by atoms with E-state index in [0.717, 1.165) is 19.3 Å². The van der Waals surface area contributed by atoms with Crippen molar-refractivity contribution in [2.45, 2.75) is 39.2 Å². The van der Waals surface area contributed by atoms with Crippen LogP contribution in [0.3, 0.4) is 0 Å². The van der Waals surface area contributed by atoms with Gasteiger partial charge in [0.15, 0.2) is 0 Å². The maximum absolute atomic E-state index is 12.0. The molecule has 0 spiro atoms. The first-order chi connectivity index (χ1) is 9.29. The molecule has 1 unspecified atom stereocenters. The van der Waals surface area contributed by atoms with Gasteiger partial charge in [-0.25, -0.2) is 0 Å². The second kappa shape index (κ2) is 9.30. The van der Waals surface area contributed by atoms with Gasteiger partial charge < -0.3 is 21.7 Å². The number of nitrogens with one attached hydrogen (secondary N) is 1. The van der Waals surface area contributed by atoms with Gasteiger partial charge in [0.2, 0.25) is 17.7 Å². The first-order valence-corrected chi connectivity index (χ1v) is 6.83. The van der Waals surface area contributed by atoms with Crippen LogP contribution in [0.5, 0.6) is 0 Å². The van der Waals surface area contributed by atoms with E-state index in [-0.39, 0.29) is 18.4 Å². The summed E-state index contributed by atoms with van der Waals surface area (Å²) in [4.78, 5) is 35.8. The number of rotatable bonds is 9. The maximum atomic E-state index is 12.0. The molecular weight excluding hydrogens is 260 g/mol. The first-order valence-electron chi connectivity index (χ1n) is 6.83. The molecule has 116 valence electrons. The minimum absolute atomic E-state index is 0.0856. The number of hydrogen-bond donors (Lipinski definition) is 3. The third-order valence-corrected chi connectivity index (χ3v) is 3.07. The zero-order valence-electron chi connectivity index (χ0n) is 12.5. The predicted octanol–water partition coefficient (Wildman–Crippen LogP) is -0.800. The first kappa shape index (κ1) is 18.4. The zero-order chi connectivity index (χ0) is 15.7. The van der Waals surface area contributed by atoms with E-state index in [1.54, 1.807) is 7.05 Å². The number of hydrogen-bond acceptors (Lipinski definition) is 4. The normalized spacial score (nSPS) is 13.4. The Labute approximate surface area is 120 Å². The highest BCUT2D eigenvalue weighted by Crippen LogP contribution is 2.10. The molecule has 0 aliphatic rings. The number of primary amides is 1. The topological polar surface area (TPSA) is 119 Å². The quantitative estimate of drug-likeness (QED) is 0.481. The van der Waals surface area contributed by atoms with Crippen LogP contribution >= 0.6 is 0 Å². The van der Waals surface area contributed by atoms with Crippen LogP contribution < -0.4 is 16.8 Å². The number of amides is 3. The van der Waals surface area contributed by atoms with Gasteiger partial charge in [0.25, 0.3) is 0 Å². The highest BCUT2D eigenvalue weighted by Gasteiger charge is 2.20. The molecule has 0 aliphatic carbocycles. The zero-order valence-corrected chi connectivity index (χ0v) is 12.5. The summed E-state index contributed by atoms with van der Waals surface area (Å²) < 4.78 is 0. The van der Waals surface area contributed by atoms with Crippen molar-refractivity contribution in [3.63, 3.8) is 0 Å². The lowest BCUT2D eigenvalue weighted by Crippen LogP contribution is -2.47. The lowest BCUT2D eigenvalue weighted by atomic mass is 10.0. The van der Waals surface area contributed by atoms with Crippen LogP contribution in [0.15, 0.2) is 0 Å². The van der Waals surface area contributed by atoms with Crippen molar-refractivity contribution in [2.75, 3.05) is 20.1 Å². The second-order valence-corrected chi connectivity index (χ2v) is 5.07. The fraction of sp³-hybridized carbons (Fsp3) is 0.769. The number of nitrogens with zero attached hydrogens (tertiary/aromatic N) is 1. The molecule has 5 N–H and O–H groups in total. The fourth-order valence-electron chi connectivity index (χ4n) is 1.75. The van der Waals surface area contributed by atoms with Crippen molar-refractivity contribution in [3.05, 3.63) is 0 Å². The van der Waals surface area contributed by atoms with Crippen LogP contribution in [-0.4, -0.2) is 48.8 Å². The van der Waals surface area contributed by atoms with Gasteiger partial charge in [-0.2, -0.15) is 0 Å².